The number of ether oxygens (including phenoxy) is 1. The number of hydrogen-bond acceptors (Lipinski definition) is 3. The Hall–Kier alpha value is -0.870. The van der Waals surface area contributed by atoms with Crippen LogP contribution in [0.25, 0.3) is 0 Å². The van der Waals surface area contributed by atoms with Crippen molar-refractivity contribution in [1.29, 1.82) is 0 Å². The summed E-state index contributed by atoms with van der Waals surface area (Å²) in [6, 6.07) is 0.338. The van der Waals surface area contributed by atoms with E-state index in [1.165, 1.54) is 0 Å². The molecule has 0 spiro atoms. The van der Waals surface area contributed by atoms with Crippen molar-refractivity contribution < 1.29 is 4.74 Å². The normalized spacial score (nSPS) is 29.4. The van der Waals surface area contributed by atoms with Gasteiger partial charge in [0.1, 0.15) is 5.82 Å². The minimum atomic E-state index is 0.333. The van der Waals surface area contributed by atoms with Crippen LogP contribution in [0, 0.1) is 0 Å². The standard InChI is InChI=1S/C8H13N3O/c1-12-6-4-7(11-5-6)8-9-2-3-10-8/h2-3,6-7,11H,4-5H2,1H3,(H,9,10)/t6-,7-/m1/s1. The number of methoxy groups -OCH3 is 1. The molecule has 0 aromatic carbocycles. The molecule has 1 saturated heterocycles. The second-order valence-corrected chi connectivity index (χ2v) is 3.03. The minimum Gasteiger partial charge on any atom is -0.380 e. The molecule has 4 heteroatoms. The van der Waals surface area contributed by atoms with E-state index in [-0.39, 0.29) is 0 Å². The van der Waals surface area contributed by atoms with Crippen LogP contribution in [-0.4, -0.2) is 29.7 Å². The van der Waals surface area contributed by atoms with Crippen molar-refractivity contribution in [3.63, 3.8) is 0 Å². The van der Waals surface area contributed by atoms with Gasteiger partial charge in [-0.3, -0.25) is 0 Å². The first kappa shape index (κ1) is 7.76. The predicted molar refractivity (Wildman–Crippen MR) is 44.7 cm³/mol. The molecule has 2 N–H and O–H groups in total. The lowest BCUT2D eigenvalue weighted by atomic mass is 10.2. The molecule has 0 radical (unpaired) electrons. The molecule has 66 valence electrons. The van der Waals surface area contributed by atoms with Crippen LogP contribution in [0.4, 0.5) is 0 Å². The molecule has 4 nitrogen and oxygen atoms in total. The molecule has 1 aromatic heterocycles. The van der Waals surface area contributed by atoms with Gasteiger partial charge in [0, 0.05) is 26.0 Å². The highest BCUT2D eigenvalue weighted by atomic mass is 16.5. The van der Waals surface area contributed by atoms with Crippen molar-refractivity contribution in [3.8, 4) is 0 Å². The van der Waals surface area contributed by atoms with Crippen LogP contribution in [0.5, 0.6) is 0 Å². The quantitative estimate of drug-likeness (QED) is 0.672. The predicted octanol–water partition coefficient (Wildman–Crippen LogP) is 0.459. The smallest absolute Gasteiger partial charge is 0.123 e. The monoisotopic (exact) mass is 167 g/mol. The molecule has 2 rings (SSSR count). The summed E-state index contributed by atoms with van der Waals surface area (Å²) in [6.07, 6.45) is 4.96. The molecule has 0 saturated carbocycles. The highest BCUT2D eigenvalue weighted by Crippen LogP contribution is 2.21. The zero-order valence-corrected chi connectivity index (χ0v) is 7.08. The van der Waals surface area contributed by atoms with Gasteiger partial charge >= 0.3 is 0 Å². The van der Waals surface area contributed by atoms with Gasteiger partial charge in [-0.1, -0.05) is 0 Å². The highest BCUT2D eigenvalue weighted by molar-refractivity contribution is 4.99. The summed E-state index contributed by atoms with van der Waals surface area (Å²) in [5.41, 5.74) is 0. The van der Waals surface area contributed by atoms with E-state index in [9.17, 15) is 0 Å². The van der Waals surface area contributed by atoms with E-state index >= 15 is 0 Å². The maximum atomic E-state index is 5.24. The second kappa shape index (κ2) is 3.25. The lowest BCUT2D eigenvalue weighted by Gasteiger charge is -2.05. The fourth-order valence-electron chi connectivity index (χ4n) is 1.56. The van der Waals surface area contributed by atoms with Crippen molar-refractivity contribution >= 4 is 0 Å². The lowest BCUT2D eigenvalue weighted by molar-refractivity contribution is 0.117. The van der Waals surface area contributed by atoms with Gasteiger partial charge in [-0.05, 0) is 6.42 Å². The summed E-state index contributed by atoms with van der Waals surface area (Å²) in [5.74, 6) is 1.01. The Kier molecular flexibility index (Phi) is 2.10. The van der Waals surface area contributed by atoms with Crippen LogP contribution in [0.1, 0.15) is 18.3 Å². The van der Waals surface area contributed by atoms with E-state index in [0.29, 0.717) is 12.1 Å². The van der Waals surface area contributed by atoms with E-state index in [1.54, 1.807) is 13.3 Å². The molecule has 0 unspecified atom stereocenters. The third kappa shape index (κ3) is 1.35. The van der Waals surface area contributed by atoms with Gasteiger partial charge in [0.25, 0.3) is 0 Å². The number of aromatic amines is 1. The van der Waals surface area contributed by atoms with Gasteiger partial charge in [-0.2, -0.15) is 0 Å². The zero-order valence-electron chi connectivity index (χ0n) is 7.08. The summed E-state index contributed by atoms with van der Waals surface area (Å²) in [5, 5.41) is 3.34. The molecule has 2 heterocycles. The SMILES string of the molecule is CO[C@H]1CN[C@@H](c2ncc[nH]2)C1. The van der Waals surface area contributed by atoms with Crippen LogP contribution in [-0.2, 0) is 4.74 Å². The third-order valence-corrected chi connectivity index (χ3v) is 2.27. The van der Waals surface area contributed by atoms with Crippen molar-refractivity contribution in [2.75, 3.05) is 13.7 Å². The van der Waals surface area contributed by atoms with Crippen LogP contribution >= 0.6 is 0 Å². The summed E-state index contributed by atoms with van der Waals surface area (Å²) in [4.78, 5) is 7.29. The number of hydrogen-bond donors (Lipinski definition) is 2. The molecule has 2 atom stereocenters. The number of aromatic nitrogens is 2. The van der Waals surface area contributed by atoms with E-state index in [0.717, 1.165) is 18.8 Å². The first-order chi connectivity index (χ1) is 5.90. The Morgan fingerprint density at radius 2 is 2.58 bits per heavy atom. The number of imidazole rings is 1. The molecule has 0 bridgehead atoms. The average Bonchev–Trinajstić information content (AvgIpc) is 2.75. The molecule has 0 amide bonds. The molecule has 12 heavy (non-hydrogen) atoms. The average molecular weight is 167 g/mol. The Morgan fingerprint density at radius 1 is 1.67 bits per heavy atom. The molecule has 1 aliphatic rings. The Balaban J connectivity index is 2.00. The Morgan fingerprint density at radius 3 is 3.17 bits per heavy atom. The van der Waals surface area contributed by atoms with E-state index < -0.39 is 0 Å². The summed E-state index contributed by atoms with van der Waals surface area (Å²) < 4.78 is 5.24. The minimum absolute atomic E-state index is 0.333. The third-order valence-electron chi connectivity index (χ3n) is 2.27. The van der Waals surface area contributed by atoms with E-state index in [1.807, 2.05) is 6.20 Å². The fraction of sp³-hybridized carbons (Fsp3) is 0.625. The molecular weight excluding hydrogens is 154 g/mol. The van der Waals surface area contributed by atoms with Gasteiger partial charge in [-0.15, -0.1) is 0 Å². The van der Waals surface area contributed by atoms with Gasteiger partial charge in [0.05, 0.1) is 12.1 Å². The van der Waals surface area contributed by atoms with E-state index in [4.69, 9.17) is 4.74 Å². The Labute approximate surface area is 71.3 Å². The molecule has 1 aromatic rings. The van der Waals surface area contributed by atoms with Crippen molar-refractivity contribution in [2.45, 2.75) is 18.6 Å². The molecule has 1 aliphatic heterocycles. The first-order valence-electron chi connectivity index (χ1n) is 4.15. The van der Waals surface area contributed by atoms with Crippen molar-refractivity contribution in [1.82, 2.24) is 15.3 Å². The van der Waals surface area contributed by atoms with Gasteiger partial charge in [0.15, 0.2) is 0 Å². The number of H-pyrrole nitrogens is 1. The van der Waals surface area contributed by atoms with Gasteiger partial charge in [0.2, 0.25) is 0 Å². The molecule has 0 aliphatic carbocycles. The Bertz CT molecular complexity index is 234. The first-order valence-corrected chi connectivity index (χ1v) is 4.15. The summed E-state index contributed by atoms with van der Waals surface area (Å²) >= 11 is 0. The summed E-state index contributed by atoms with van der Waals surface area (Å²) in [6.45, 7) is 0.919. The summed E-state index contributed by atoms with van der Waals surface area (Å²) in [7, 11) is 1.75. The van der Waals surface area contributed by atoms with Crippen molar-refractivity contribution in [3.05, 3.63) is 18.2 Å². The molecular formula is C8H13N3O. The van der Waals surface area contributed by atoms with E-state index in [2.05, 4.69) is 15.3 Å². The largest absolute Gasteiger partial charge is 0.380 e. The number of rotatable bonds is 2. The highest BCUT2D eigenvalue weighted by Gasteiger charge is 2.26. The van der Waals surface area contributed by atoms with Crippen molar-refractivity contribution in [2.24, 2.45) is 0 Å². The zero-order chi connectivity index (χ0) is 8.39. The van der Waals surface area contributed by atoms with Crippen LogP contribution in [0.15, 0.2) is 12.4 Å². The second-order valence-electron chi connectivity index (χ2n) is 3.03. The maximum Gasteiger partial charge on any atom is 0.123 e. The number of nitrogens with zero attached hydrogens (tertiary/aromatic N) is 1. The molecule has 1 fully saturated rings. The topological polar surface area (TPSA) is 49.9 Å². The van der Waals surface area contributed by atoms with Gasteiger partial charge < -0.3 is 15.0 Å². The van der Waals surface area contributed by atoms with Gasteiger partial charge in [-0.25, -0.2) is 4.98 Å². The van der Waals surface area contributed by atoms with Crippen LogP contribution in [0.3, 0.4) is 0 Å². The lowest BCUT2D eigenvalue weighted by Crippen LogP contribution is -2.16. The maximum absolute atomic E-state index is 5.24. The fourth-order valence-corrected chi connectivity index (χ4v) is 1.56. The van der Waals surface area contributed by atoms with Crippen LogP contribution in [0.2, 0.25) is 0 Å². The number of nitrogens with one attached hydrogen (secondary N) is 2. The van der Waals surface area contributed by atoms with Crippen LogP contribution < -0.4 is 5.32 Å².